The number of aliphatic hydroxyl groups is 2. The van der Waals surface area contributed by atoms with Crippen molar-refractivity contribution >= 4 is 12.2 Å². The van der Waals surface area contributed by atoms with E-state index in [-0.39, 0.29) is 11.7 Å². The van der Waals surface area contributed by atoms with Gasteiger partial charge in [-0.15, -0.1) is 0 Å². The molecule has 2 aliphatic heterocycles. The molecule has 8 heteroatoms. The molecule has 1 unspecified atom stereocenters. The van der Waals surface area contributed by atoms with Gasteiger partial charge >= 0.3 is 0 Å². The molecule has 0 aromatic carbocycles. The van der Waals surface area contributed by atoms with Crippen molar-refractivity contribution in [3.63, 3.8) is 0 Å². The minimum absolute atomic E-state index is 0.0797. The van der Waals surface area contributed by atoms with Crippen LogP contribution in [0.5, 0.6) is 0 Å². The first-order valence-corrected chi connectivity index (χ1v) is 5.61. The van der Waals surface area contributed by atoms with Crippen LogP contribution in [0.2, 0.25) is 0 Å². The first-order valence-electron chi connectivity index (χ1n) is 5.61. The summed E-state index contributed by atoms with van der Waals surface area (Å²) in [7, 11) is 0. The Balaban J connectivity index is 2.20. The van der Waals surface area contributed by atoms with Gasteiger partial charge in [0.15, 0.2) is 17.9 Å². The van der Waals surface area contributed by atoms with Crippen LogP contribution < -0.4 is 5.32 Å². The van der Waals surface area contributed by atoms with Gasteiger partial charge in [0.05, 0.1) is 6.10 Å². The quantitative estimate of drug-likeness (QED) is 0.571. The fraction of sp³-hybridized carbons (Fsp3) is 0.455. The molecule has 7 nitrogen and oxygen atoms in total. The zero-order valence-electron chi connectivity index (χ0n) is 10.2. The number of halogens is 1. The molecule has 2 rings (SSSR count). The van der Waals surface area contributed by atoms with Crippen molar-refractivity contribution in [2.45, 2.75) is 31.5 Å². The highest BCUT2D eigenvalue weighted by atomic mass is 19.1. The SMILES string of the molecule is C=C1N=C(NC=O)C(F)=CN1[C@@H]1O[C@H](C)[C@@H](O)C1O. The molecular weight excluding hydrogens is 257 g/mol. The van der Waals surface area contributed by atoms with E-state index >= 15 is 0 Å². The van der Waals surface area contributed by atoms with Crippen LogP contribution in [0.25, 0.3) is 0 Å². The highest BCUT2D eigenvalue weighted by molar-refractivity contribution is 6.02. The minimum Gasteiger partial charge on any atom is -0.388 e. The first kappa shape index (κ1) is 13.7. The predicted molar refractivity (Wildman–Crippen MR) is 63.2 cm³/mol. The van der Waals surface area contributed by atoms with Crippen molar-refractivity contribution < 1.29 is 24.1 Å². The van der Waals surface area contributed by atoms with E-state index < -0.39 is 30.4 Å². The van der Waals surface area contributed by atoms with Gasteiger partial charge in [0.2, 0.25) is 6.41 Å². The van der Waals surface area contributed by atoms with E-state index in [0.29, 0.717) is 6.41 Å². The number of nitrogens with one attached hydrogen (secondary N) is 1. The number of carbonyl (C=O) groups excluding carboxylic acids is 1. The summed E-state index contributed by atoms with van der Waals surface area (Å²) in [5, 5.41) is 21.5. The first-order chi connectivity index (χ1) is 8.95. The predicted octanol–water partition coefficient (Wildman–Crippen LogP) is -0.805. The number of nitrogens with zero attached hydrogens (tertiary/aromatic N) is 2. The maximum absolute atomic E-state index is 13.7. The van der Waals surface area contributed by atoms with Crippen molar-refractivity contribution in [3.05, 3.63) is 24.4 Å². The summed E-state index contributed by atoms with van der Waals surface area (Å²) in [6.07, 6.45) is -2.58. The lowest BCUT2D eigenvalue weighted by Crippen LogP contribution is -2.42. The molecule has 0 radical (unpaired) electrons. The Morgan fingerprint density at radius 2 is 2.26 bits per heavy atom. The Labute approximate surface area is 108 Å². The third-order valence-electron chi connectivity index (χ3n) is 2.96. The molecule has 3 N–H and O–H groups in total. The summed E-state index contributed by atoms with van der Waals surface area (Å²) >= 11 is 0. The maximum Gasteiger partial charge on any atom is 0.212 e. The van der Waals surface area contributed by atoms with Crippen LogP contribution in [0.3, 0.4) is 0 Å². The van der Waals surface area contributed by atoms with Crippen LogP contribution >= 0.6 is 0 Å². The zero-order valence-corrected chi connectivity index (χ0v) is 10.2. The van der Waals surface area contributed by atoms with Crippen molar-refractivity contribution in [3.8, 4) is 0 Å². The number of hydrogen-bond donors (Lipinski definition) is 3. The Morgan fingerprint density at radius 1 is 1.58 bits per heavy atom. The van der Waals surface area contributed by atoms with Crippen molar-refractivity contribution in [2.24, 2.45) is 4.99 Å². The lowest BCUT2D eigenvalue weighted by atomic mass is 10.1. The molecule has 0 spiro atoms. The summed E-state index contributed by atoms with van der Waals surface area (Å²) in [4.78, 5) is 15.2. The van der Waals surface area contributed by atoms with E-state index in [9.17, 15) is 19.4 Å². The molecule has 0 aromatic heterocycles. The number of ether oxygens (including phenoxy) is 1. The fourth-order valence-corrected chi connectivity index (χ4v) is 1.93. The summed E-state index contributed by atoms with van der Waals surface area (Å²) in [5.41, 5.74) is 0. The smallest absolute Gasteiger partial charge is 0.212 e. The van der Waals surface area contributed by atoms with Gasteiger partial charge in [-0.25, -0.2) is 9.38 Å². The number of aliphatic imine (C=N–C) groups is 1. The summed E-state index contributed by atoms with van der Waals surface area (Å²) in [6.45, 7) is 5.18. The number of amides is 1. The van der Waals surface area contributed by atoms with Gasteiger partial charge in [0.1, 0.15) is 18.0 Å². The Bertz CT molecular complexity index is 465. The van der Waals surface area contributed by atoms with E-state index in [0.717, 1.165) is 6.20 Å². The van der Waals surface area contributed by atoms with Gasteiger partial charge in [0.25, 0.3) is 0 Å². The van der Waals surface area contributed by atoms with E-state index in [1.54, 1.807) is 6.92 Å². The molecule has 1 amide bonds. The lowest BCUT2D eigenvalue weighted by Gasteiger charge is -2.31. The van der Waals surface area contributed by atoms with Crippen LogP contribution in [0.15, 0.2) is 29.4 Å². The van der Waals surface area contributed by atoms with Crippen molar-refractivity contribution in [1.82, 2.24) is 10.2 Å². The molecular formula is C11H14FN3O4. The Hall–Kier alpha value is -1.77. The molecule has 0 aromatic rings. The number of aliphatic hydroxyl groups excluding tert-OH is 2. The standard InChI is InChI=1S/C11H14FN3O4/c1-5-8(17)9(18)11(19-5)15-3-7(12)10(13-4-16)14-6(15)2/h3-5,8-9,11,17-18H,2H2,1H3,(H,13,14,16)/t5-,8-,9?,11-/m1/s1. The van der Waals surface area contributed by atoms with Gasteiger partial charge in [-0.1, -0.05) is 6.58 Å². The normalized spacial score (nSPS) is 34.9. The van der Waals surface area contributed by atoms with E-state index in [1.165, 1.54) is 4.90 Å². The average Bonchev–Trinajstić information content (AvgIpc) is 2.61. The summed E-state index contributed by atoms with van der Waals surface area (Å²) < 4.78 is 19.0. The van der Waals surface area contributed by atoms with Gasteiger partial charge in [-0.05, 0) is 6.92 Å². The topological polar surface area (TPSA) is 94.4 Å². The second-order valence-electron chi connectivity index (χ2n) is 4.24. The third kappa shape index (κ3) is 2.37. The number of carbonyl (C=O) groups is 1. The number of hydrogen-bond acceptors (Lipinski definition) is 6. The Kier molecular flexibility index (Phi) is 3.65. The van der Waals surface area contributed by atoms with Gasteiger partial charge < -0.3 is 25.2 Å². The monoisotopic (exact) mass is 271 g/mol. The molecule has 1 saturated heterocycles. The Morgan fingerprint density at radius 3 is 2.79 bits per heavy atom. The van der Waals surface area contributed by atoms with E-state index in [1.807, 2.05) is 0 Å². The van der Waals surface area contributed by atoms with Crippen LogP contribution in [0, 0.1) is 0 Å². The third-order valence-corrected chi connectivity index (χ3v) is 2.96. The van der Waals surface area contributed by atoms with E-state index in [2.05, 4.69) is 16.9 Å². The summed E-state index contributed by atoms with van der Waals surface area (Å²) in [6, 6.07) is 0. The van der Waals surface area contributed by atoms with Crippen molar-refractivity contribution in [1.29, 1.82) is 0 Å². The van der Waals surface area contributed by atoms with Crippen LogP contribution in [0.1, 0.15) is 6.92 Å². The zero-order chi connectivity index (χ0) is 14.2. The average molecular weight is 271 g/mol. The maximum atomic E-state index is 13.7. The highest BCUT2D eigenvalue weighted by Crippen LogP contribution is 2.29. The largest absolute Gasteiger partial charge is 0.388 e. The van der Waals surface area contributed by atoms with Crippen LogP contribution in [-0.4, -0.2) is 51.9 Å². The molecule has 4 atom stereocenters. The summed E-state index contributed by atoms with van der Waals surface area (Å²) in [5.74, 6) is -0.988. The van der Waals surface area contributed by atoms with Gasteiger partial charge in [-0.2, -0.15) is 0 Å². The molecule has 2 aliphatic rings. The second-order valence-corrected chi connectivity index (χ2v) is 4.24. The number of amidine groups is 1. The highest BCUT2D eigenvalue weighted by Gasteiger charge is 2.44. The van der Waals surface area contributed by atoms with Crippen molar-refractivity contribution in [2.75, 3.05) is 0 Å². The number of rotatable bonds is 2. The minimum atomic E-state index is -1.22. The van der Waals surface area contributed by atoms with Gasteiger partial charge in [0, 0.05) is 6.20 Å². The van der Waals surface area contributed by atoms with E-state index in [4.69, 9.17) is 4.74 Å². The molecule has 19 heavy (non-hydrogen) atoms. The molecule has 0 saturated carbocycles. The van der Waals surface area contributed by atoms with Gasteiger partial charge in [-0.3, -0.25) is 4.79 Å². The van der Waals surface area contributed by atoms with Crippen LogP contribution in [0.4, 0.5) is 4.39 Å². The second kappa shape index (κ2) is 5.08. The molecule has 1 fully saturated rings. The van der Waals surface area contributed by atoms with Crippen LogP contribution in [-0.2, 0) is 9.53 Å². The fourth-order valence-electron chi connectivity index (χ4n) is 1.93. The molecule has 0 bridgehead atoms. The lowest BCUT2D eigenvalue weighted by molar-refractivity contribution is -0.108. The molecule has 104 valence electrons. The molecule has 0 aliphatic carbocycles. The molecule has 2 heterocycles.